The van der Waals surface area contributed by atoms with Crippen molar-refractivity contribution in [3.8, 4) is 0 Å². The predicted molar refractivity (Wildman–Crippen MR) is 75.9 cm³/mol. The van der Waals surface area contributed by atoms with Gasteiger partial charge in [-0.3, -0.25) is 9.69 Å². The molecule has 1 atom stereocenters. The number of piperidine rings is 2. The Hall–Kier alpha value is -0.610. The smallest absolute Gasteiger partial charge is 0.234 e. The van der Waals surface area contributed by atoms with Gasteiger partial charge in [0.25, 0.3) is 0 Å². The number of carbonyl (C=O) groups excluding carboxylic acids is 1. The molecule has 0 bridgehead atoms. The van der Waals surface area contributed by atoms with Gasteiger partial charge in [-0.05, 0) is 62.9 Å². The zero-order valence-corrected chi connectivity index (χ0v) is 11.9. The van der Waals surface area contributed by atoms with E-state index in [1.807, 2.05) is 0 Å². The summed E-state index contributed by atoms with van der Waals surface area (Å²) in [7, 11) is 0. The quantitative estimate of drug-likeness (QED) is 0.796. The molecule has 4 nitrogen and oxygen atoms in total. The summed E-state index contributed by atoms with van der Waals surface area (Å²) in [5, 5.41) is 6.63. The molecule has 3 rings (SSSR count). The molecule has 3 fully saturated rings. The first-order valence-electron chi connectivity index (χ1n) is 7.96. The number of rotatable bonds is 4. The van der Waals surface area contributed by atoms with Crippen LogP contribution in [0.2, 0.25) is 0 Å². The van der Waals surface area contributed by atoms with Crippen molar-refractivity contribution in [1.29, 1.82) is 0 Å². The average molecular weight is 265 g/mol. The second-order valence-corrected chi connectivity index (χ2v) is 6.84. The SMILES string of the molecule is O=C(CN1CCCC2(CCCNC2)C1)NCC1CC1. The van der Waals surface area contributed by atoms with Crippen molar-refractivity contribution in [3.05, 3.63) is 0 Å². The summed E-state index contributed by atoms with van der Waals surface area (Å²) >= 11 is 0. The van der Waals surface area contributed by atoms with Gasteiger partial charge < -0.3 is 10.6 Å². The van der Waals surface area contributed by atoms with Crippen molar-refractivity contribution in [2.45, 2.75) is 38.5 Å². The van der Waals surface area contributed by atoms with E-state index in [0.29, 0.717) is 12.0 Å². The minimum atomic E-state index is 0.229. The lowest BCUT2D eigenvalue weighted by Crippen LogP contribution is -2.52. The molecule has 0 aromatic rings. The number of likely N-dealkylation sites (tertiary alicyclic amines) is 1. The van der Waals surface area contributed by atoms with E-state index in [-0.39, 0.29) is 5.91 Å². The molecule has 3 aliphatic rings. The Bertz CT molecular complexity index is 316. The molecule has 1 saturated carbocycles. The number of amides is 1. The molecule has 1 aliphatic carbocycles. The van der Waals surface area contributed by atoms with Crippen molar-refractivity contribution in [1.82, 2.24) is 15.5 Å². The molecule has 2 N–H and O–H groups in total. The molecule has 2 aliphatic heterocycles. The zero-order chi connectivity index (χ0) is 13.1. The minimum absolute atomic E-state index is 0.229. The van der Waals surface area contributed by atoms with E-state index in [2.05, 4.69) is 15.5 Å². The van der Waals surface area contributed by atoms with Crippen LogP contribution in [0.15, 0.2) is 0 Å². The summed E-state index contributed by atoms with van der Waals surface area (Å²) in [6.07, 6.45) is 7.82. The van der Waals surface area contributed by atoms with E-state index in [1.165, 1.54) is 45.1 Å². The van der Waals surface area contributed by atoms with Gasteiger partial charge in [-0.15, -0.1) is 0 Å². The Balaban J connectivity index is 1.45. The molecule has 0 radical (unpaired) electrons. The first-order valence-corrected chi connectivity index (χ1v) is 7.96. The summed E-state index contributed by atoms with van der Waals surface area (Å²) in [5.74, 6) is 1.01. The van der Waals surface area contributed by atoms with Gasteiger partial charge in [0, 0.05) is 19.6 Å². The van der Waals surface area contributed by atoms with Crippen LogP contribution in [0.25, 0.3) is 0 Å². The van der Waals surface area contributed by atoms with Crippen molar-refractivity contribution in [3.63, 3.8) is 0 Å². The van der Waals surface area contributed by atoms with Crippen LogP contribution < -0.4 is 10.6 Å². The van der Waals surface area contributed by atoms with E-state index in [4.69, 9.17) is 0 Å². The van der Waals surface area contributed by atoms with Gasteiger partial charge in [0.05, 0.1) is 6.54 Å². The predicted octanol–water partition coefficient (Wildman–Crippen LogP) is 0.978. The lowest BCUT2D eigenvalue weighted by Gasteiger charge is -2.45. The van der Waals surface area contributed by atoms with E-state index >= 15 is 0 Å². The molecule has 1 amide bonds. The largest absolute Gasteiger partial charge is 0.355 e. The fraction of sp³-hybridized carbons (Fsp3) is 0.933. The number of hydrogen-bond donors (Lipinski definition) is 2. The molecular formula is C15H27N3O. The lowest BCUT2D eigenvalue weighted by atomic mass is 9.74. The molecule has 2 saturated heterocycles. The summed E-state index contributed by atoms with van der Waals surface area (Å²) in [4.78, 5) is 14.3. The van der Waals surface area contributed by atoms with Gasteiger partial charge in [0.15, 0.2) is 0 Å². The van der Waals surface area contributed by atoms with Crippen LogP contribution in [0.5, 0.6) is 0 Å². The third kappa shape index (κ3) is 3.69. The van der Waals surface area contributed by atoms with E-state index < -0.39 is 0 Å². The van der Waals surface area contributed by atoms with Crippen LogP contribution in [0.4, 0.5) is 0 Å². The van der Waals surface area contributed by atoms with Crippen LogP contribution in [0.1, 0.15) is 38.5 Å². The zero-order valence-electron chi connectivity index (χ0n) is 11.9. The van der Waals surface area contributed by atoms with E-state index in [1.54, 1.807) is 0 Å². The molecule has 4 heteroatoms. The van der Waals surface area contributed by atoms with Gasteiger partial charge in [-0.2, -0.15) is 0 Å². The van der Waals surface area contributed by atoms with Gasteiger partial charge >= 0.3 is 0 Å². The number of hydrogen-bond acceptors (Lipinski definition) is 3. The highest BCUT2D eigenvalue weighted by atomic mass is 16.2. The first-order chi connectivity index (χ1) is 9.26. The topological polar surface area (TPSA) is 44.4 Å². The summed E-state index contributed by atoms with van der Waals surface area (Å²) in [6.45, 7) is 6.03. The van der Waals surface area contributed by atoms with Crippen molar-refractivity contribution >= 4 is 5.91 Å². The van der Waals surface area contributed by atoms with Crippen LogP contribution in [0.3, 0.4) is 0 Å². The van der Waals surface area contributed by atoms with Gasteiger partial charge in [-0.1, -0.05) is 0 Å². The monoisotopic (exact) mass is 265 g/mol. The normalized spacial score (nSPS) is 32.4. The summed E-state index contributed by atoms with van der Waals surface area (Å²) < 4.78 is 0. The third-order valence-electron chi connectivity index (χ3n) is 4.95. The van der Waals surface area contributed by atoms with Crippen LogP contribution >= 0.6 is 0 Å². The number of nitrogens with one attached hydrogen (secondary N) is 2. The molecule has 0 aromatic carbocycles. The highest BCUT2D eigenvalue weighted by Gasteiger charge is 2.36. The third-order valence-corrected chi connectivity index (χ3v) is 4.95. The van der Waals surface area contributed by atoms with E-state index in [0.717, 1.165) is 32.1 Å². The molecule has 1 unspecified atom stereocenters. The second-order valence-electron chi connectivity index (χ2n) is 6.84. The highest BCUT2D eigenvalue weighted by molar-refractivity contribution is 5.78. The van der Waals surface area contributed by atoms with Crippen LogP contribution in [-0.2, 0) is 4.79 Å². The number of carbonyl (C=O) groups is 1. The van der Waals surface area contributed by atoms with Crippen molar-refractivity contribution < 1.29 is 4.79 Å². The summed E-state index contributed by atoms with van der Waals surface area (Å²) in [6, 6.07) is 0. The minimum Gasteiger partial charge on any atom is -0.355 e. The van der Waals surface area contributed by atoms with Crippen molar-refractivity contribution in [2.24, 2.45) is 11.3 Å². The van der Waals surface area contributed by atoms with Crippen LogP contribution in [0, 0.1) is 11.3 Å². The molecule has 2 heterocycles. The Kier molecular flexibility index (Phi) is 4.08. The molecule has 108 valence electrons. The second kappa shape index (κ2) is 5.80. The molecule has 19 heavy (non-hydrogen) atoms. The summed E-state index contributed by atoms with van der Waals surface area (Å²) in [5.41, 5.74) is 0.452. The Morgan fingerprint density at radius 1 is 1.32 bits per heavy atom. The highest BCUT2D eigenvalue weighted by Crippen LogP contribution is 2.35. The van der Waals surface area contributed by atoms with Crippen molar-refractivity contribution in [2.75, 3.05) is 39.3 Å². The maximum atomic E-state index is 11.9. The fourth-order valence-electron chi connectivity index (χ4n) is 3.66. The van der Waals surface area contributed by atoms with Gasteiger partial charge in [0.1, 0.15) is 0 Å². The fourth-order valence-corrected chi connectivity index (χ4v) is 3.66. The van der Waals surface area contributed by atoms with Crippen LogP contribution in [-0.4, -0.2) is 50.1 Å². The standard InChI is InChI=1S/C15H27N3O/c19-14(17-9-13-3-4-13)10-18-8-2-6-15(12-18)5-1-7-16-11-15/h13,16H,1-12H2,(H,17,19). The maximum Gasteiger partial charge on any atom is 0.234 e. The number of nitrogens with zero attached hydrogens (tertiary/aromatic N) is 1. The van der Waals surface area contributed by atoms with Gasteiger partial charge in [-0.25, -0.2) is 0 Å². The molecule has 1 spiro atoms. The van der Waals surface area contributed by atoms with Gasteiger partial charge in [0.2, 0.25) is 5.91 Å². The molecule has 0 aromatic heterocycles. The Morgan fingerprint density at radius 3 is 2.89 bits per heavy atom. The maximum absolute atomic E-state index is 11.9. The Labute approximate surface area is 116 Å². The average Bonchev–Trinajstić information content (AvgIpc) is 3.21. The molecular weight excluding hydrogens is 238 g/mol. The Morgan fingerprint density at radius 2 is 2.16 bits per heavy atom. The van der Waals surface area contributed by atoms with E-state index in [9.17, 15) is 4.79 Å². The lowest BCUT2D eigenvalue weighted by molar-refractivity contribution is -0.123. The first kappa shape index (κ1) is 13.4.